The Hall–Kier alpha value is -4.24. The van der Waals surface area contributed by atoms with Crippen LogP contribution in [0.1, 0.15) is 26.3 Å². The molecule has 3 heteroatoms. The van der Waals surface area contributed by atoms with Gasteiger partial charge >= 0.3 is 0 Å². The van der Waals surface area contributed by atoms with Gasteiger partial charge in [-0.25, -0.2) is 4.90 Å². The maximum absolute atomic E-state index is 13.6. The minimum absolute atomic E-state index is 0.266. The van der Waals surface area contributed by atoms with Gasteiger partial charge in [-0.3, -0.25) is 9.59 Å². The number of fused-ring (bicyclic) bond motifs is 2. The summed E-state index contributed by atoms with van der Waals surface area (Å²) in [6, 6.07) is 28.0. The van der Waals surface area contributed by atoms with Crippen molar-refractivity contribution in [1.29, 1.82) is 0 Å². The highest BCUT2D eigenvalue weighted by atomic mass is 16.2. The van der Waals surface area contributed by atoms with Gasteiger partial charge in [0, 0.05) is 16.5 Å². The average Bonchev–Trinajstić information content (AvgIpc) is 2.82. The predicted octanol–water partition coefficient (Wildman–Crippen LogP) is 6.85. The van der Waals surface area contributed by atoms with E-state index < -0.39 is 0 Å². The number of nitrogens with zero attached hydrogens (tertiary/aromatic N) is 1. The van der Waals surface area contributed by atoms with Crippen molar-refractivity contribution in [2.75, 3.05) is 4.90 Å². The van der Waals surface area contributed by atoms with Gasteiger partial charge in [0.25, 0.3) is 11.8 Å². The molecule has 1 aliphatic rings. The molecule has 0 bridgehead atoms. The summed E-state index contributed by atoms with van der Waals surface area (Å²) in [5, 5.41) is 8.64. The van der Waals surface area contributed by atoms with Crippen molar-refractivity contribution in [3.63, 3.8) is 0 Å². The fraction of sp³-hybridized carbons (Fsp3) is 0.0345. The second-order valence-corrected chi connectivity index (χ2v) is 8.51. The first-order valence-electron chi connectivity index (χ1n) is 10.7. The second-order valence-electron chi connectivity index (χ2n) is 8.51. The molecule has 150 valence electrons. The summed E-state index contributed by atoms with van der Waals surface area (Å²) in [4.78, 5) is 28.6. The lowest BCUT2D eigenvalue weighted by Crippen LogP contribution is -2.40. The standard InChI is InChI=1S/C29H17NO2/c1-16-6-2-3-11-24(16)30-28(31)22-14-12-20-18-9-4-7-17-8-5-10-19(25(17)18)21-13-15-23(29(30)32)27(22)26(20)21/h2-15H,1H3. The number of hydrogen-bond acceptors (Lipinski definition) is 2. The zero-order valence-corrected chi connectivity index (χ0v) is 17.3. The van der Waals surface area contributed by atoms with Crippen LogP contribution in [0.5, 0.6) is 0 Å². The van der Waals surface area contributed by atoms with Crippen molar-refractivity contribution in [3.8, 4) is 0 Å². The fourth-order valence-electron chi connectivity index (χ4n) is 5.46. The number of amides is 2. The highest BCUT2D eigenvalue weighted by Crippen LogP contribution is 2.44. The molecule has 6 aromatic rings. The minimum Gasteiger partial charge on any atom is -0.268 e. The topological polar surface area (TPSA) is 37.4 Å². The Bertz CT molecular complexity index is 1680. The number of hydrogen-bond donors (Lipinski definition) is 0. The van der Waals surface area contributed by atoms with Crippen molar-refractivity contribution in [2.24, 2.45) is 0 Å². The van der Waals surface area contributed by atoms with Crippen LogP contribution in [-0.4, -0.2) is 11.8 Å². The molecule has 0 radical (unpaired) electrons. The lowest BCUT2D eigenvalue weighted by Gasteiger charge is -2.29. The van der Waals surface area contributed by atoms with E-state index in [-0.39, 0.29) is 11.8 Å². The first-order chi connectivity index (χ1) is 15.6. The van der Waals surface area contributed by atoms with Crippen LogP contribution >= 0.6 is 0 Å². The maximum Gasteiger partial charge on any atom is 0.265 e. The zero-order valence-electron chi connectivity index (χ0n) is 17.3. The lowest BCUT2D eigenvalue weighted by molar-refractivity contribution is 0.0893. The molecular weight excluding hydrogens is 394 g/mol. The van der Waals surface area contributed by atoms with Crippen molar-refractivity contribution < 1.29 is 9.59 Å². The summed E-state index contributed by atoms with van der Waals surface area (Å²) < 4.78 is 0. The van der Waals surface area contributed by atoms with Crippen LogP contribution in [0.2, 0.25) is 0 Å². The normalized spacial score (nSPS) is 13.8. The van der Waals surface area contributed by atoms with Gasteiger partial charge in [0.15, 0.2) is 0 Å². The van der Waals surface area contributed by atoms with Gasteiger partial charge in [0.1, 0.15) is 0 Å². The Morgan fingerprint density at radius 2 is 1.09 bits per heavy atom. The molecule has 0 aromatic heterocycles. The van der Waals surface area contributed by atoms with E-state index >= 15 is 0 Å². The van der Waals surface area contributed by atoms with Gasteiger partial charge in [0.05, 0.1) is 5.69 Å². The minimum atomic E-state index is -0.266. The molecule has 6 aromatic carbocycles. The van der Waals surface area contributed by atoms with Crippen molar-refractivity contribution in [2.45, 2.75) is 6.92 Å². The summed E-state index contributed by atoms with van der Waals surface area (Å²) in [6.07, 6.45) is 0. The SMILES string of the molecule is Cc1ccccc1N1C(=O)c2ccc3c4cccc5cccc(c6ccc(c2c36)C1=O)c54. The molecule has 0 N–H and O–H groups in total. The number of benzene rings is 6. The van der Waals surface area contributed by atoms with E-state index in [0.717, 1.165) is 37.9 Å². The van der Waals surface area contributed by atoms with Gasteiger partial charge in [-0.15, -0.1) is 0 Å². The van der Waals surface area contributed by atoms with Crippen molar-refractivity contribution in [1.82, 2.24) is 0 Å². The first kappa shape index (κ1) is 17.4. The quantitative estimate of drug-likeness (QED) is 0.169. The van der Waals surface area contributed by atoms with Crippen molar-refractivity contribution in [3.05, 3.63) is 102 Å². The summed E-state index contributed by atoms with van der Waals surface area (Å²) in [5.74, 6) is -0.532. The molecule has 0 unspecified atom stereocenters. The molecule has 0 saturated carbocycles. The van der Waals surface area contributed by atoms with Gasteiger partial charge in [-0.2, -0.15) is 0 Å². The van der Waals surface area contributed by atoms with E-state index in [2.05, 4.69) is 36.4 Å². The van der Waals surface area contributed by atoms with Crippen LogP contribution in [0.3, 0.4) is 0 Å². The Kier molecular flexibility index (Phi) is 3.23. The molecule has 0 aliphatic carbocycles. The number of aryl methyl sites for hydroxylation is 1. The van der Waals surface area contributed by atoms with Gasteiger partial charge in [0.2, 0.25) is 0 Å². The molecule has 7 rings (SSSR count). The smallest absolute Gasteiger partial charge is 0.265 e. The highest BCUT2D eigenvalue weighted by Gasteiger charge is 2.35. The lowest BCUT2D eigenvalue weighted by atomic mass is 9.84. The van der Waals surface area contributed by atoms with E-state index in [1.165, 1.54) is 15.7 Å². The Morgan fingerprint density at radius 1 is 0.531 bits per heavy atom. The number of rotatable bonds is 1. The monoisotopic (exact) mass is 411 g/mol. The molecule has 2 amide bonds. The van der Waals surface area contributed by atoms with Crippen LogP contribution in [-0.2, 0) is 0 Å². The van der Waals surface area contributed by atoms with Gasteiger partial charge in [-0.05, 0) is 68.4 Å². The van der Waals surface area contributed by atoms with E-state index in [0.29, 0.717) is 16.8 Å². The summed E-state index contributed by atoms with van der Waals surface area (Å²) in [6.45, 7) is 1.92. The average molecular weight is 411 g/mol. The third kappa shape index (κ3) is 2.00. The largest absolute Gasteiger partial charge is 0.268 e. The molecule has 32 heavy (non-hydrogen) atoms. The molecule has 0 spiro atoms. The summed E-state index contributed by atoms with van der Waals surface area (Å²) in [7, 11) is 0. The number of para-hydroxylation sites is 1. The predicted molar refractivity (Wildman–Crippen MR) is 130 cm³/mol. The molecule has 1 aliphatic heterocycles. The Balaban J connectivity index is 1.64. The van der Waals surface area contributed by atoms with E-state index in [1.54, 1.807) is 0 Å². The maximum atomic E-state index is 13.6. The molecule has 0 saturated heterocycles. The van der Waals surface area contributed by atoms with Crippen LogP contribution in [0, 0.1) is 6.92 Å². The molecule has 1 heterocycles. The van der Waals surface area contributed by atoms with Crippen LogP contribution < -0.4 is 4.90 Å². The third-order valence-corrected chi connectivity index (χ3v) is 6.87. The molecular formula is C29H17NO2. The van der Waals surface area contributed by atoms with Crippen LogP contribution in [0.15, 0.2) is 84.9 Å². The van der Waals surface area contributed by atoms with Crippen molar-refractivity contribution >= 4 is 60.6 Å². The molecule has 0 atom stereocenters. The highest BCUT2D eigenvalue weighted by molar-refractivity contribution is 6.42. The number of carbonyl (C=O) groups excluding carboxylic acids is 2. The molecule has 0 fully saturated rings. The van der Waals surface area contributed by atoms with E-state index in [4.69, 9.17) is 0 Å². The number of carbonyl (C=O) groups is 2. The van der Waals surface area contributed by atoms with Gasteiger partial charge < -0.3 is 0 Å². The summed E-state index contributed by atoms with van der Waals surface area (Å²) >= 11 is 0. The van der Waals surface area contributed by atoms with E-state index in [9.17, 15) is 9.59 Å². The zero-order chi connectivity index (χ0) is 21.6. The number of imide groups is 1. The Morgan fingerprint density at radius 3 is 1.69 bits per heavy atom. The first-order valence-corrected chi connectivity index (χ1v) is 10.7. The fourth-order valence-corrected chi connectivity index (χ4v) is 5.46. The second kappa shape index (κ2) is 5.92. The Labute approximate surface area is 183 Å². The van der Waals surface area contributed by atoms with Gasteiger partial charge in [-0.1, -0.05) is 66.7 Å². The number of anilines is 1. The van der Waals surface area contributed by atoms with E-state index in [1.807, 2.05) is 55.5 Å². The summed E-state index contributed by atoms with van der Waals surface area (Å²) in [5.41, 5.74) is 2.69. The third-order valence-electron chi connectivity index (χ3n) is 6.87. The van der Waals surface area contributed by atoms with Crippen LogP contribution in [0.4, 0.5) is 5.69 Å². The molecule has 3 nitrogen and oxygen atoms in total. The van der Waals surface area contributed by atoms with Crippen LogP contribution in [0.25, 0.3) is 43.1 Å².